The molecule has 86 valence electrons. The second kappa shape index (κ2) is 5.46. The highest BCUT2D eigenvalue weighted by molar-refractivity contribution is 7.96. The Bertz CT molecular complexity index is 420. The standard InChI is InChI=1S/C11H10ClFO2S/c1-6(14)9(11(15)16)4-7-2-3-8(13)5-10(7)12/h2-3,5,9H,4H2,1H3,(H,15,16). The third kappa shape index (κ3) is 3.32. The normalized spacial score (nSPS) is 12.2. The summed E-state index contributed by atoms with van der Waals surface area (Å²) >= 11 is 9.44. The van der Waals surface area contributed by atoms with Crippen molar-refractivity contribution < 1.29 is 14.0 Å². The fourth-order valence-electron chi connectivity index (χ4n) is 1.31. The molecule has 0 saturated heterocycles. The minimum Gasteiger partial charge on any atom is -0.299 e. The van der Waals surface area contributed by atoms with Gasteiger partial charge in [0.25, 0.3) is 0 Å². The minimum absolute atomic E-state index is 0.150. The molecule has 0 aromatic heterocycles. The van der Waals surface area contributed by atoms with Crippen molar-refractivity contribution in [3.05, 3.63) is 34.6 Å². The monoisotopic (exact) mass is 260 g/mol. The molecule has 0 aliphatic carbocycles. The van der Waals surface area contributed by atoms with Crippen LogP contribution >= 0.6 is 24.2 Å². The summed E-state index contributed by atoms with van der Waals surface area (Å²) in [7, 11) is 0. The van der Waals surface area contributed by atoms with Gasteiger partial charge in [-0.1, -0.05) is 17.7 Å². The zero-order chi connectivity index (χ0) is 12.3. The van der Waals surface area contributed by atoms with Crippen LogP contribution in [-0.4, -0.2) is 10.9 Å². The van der Waals surface area contributed by atoms with Crippen molar-refractivity contribution in [3.8, 4) is 0 Å². The molecule has 1 aromatic rings. The van der Waals surface area contributed by atoms with E-state index in [0.717, 1.165) is 6.07 Å². The molecule has 16 heavy (non-hydrogen) atoms. The van der Waals surface area contributed by atoms with Gasteiger partial charge in [-0.3, -0.25) is 9.59 Å². The van der Waals surface area contributed by atoms with E-state index < -0.39 is 16.9 Å². The SMILES string of the molecule is CC(=O)C(Cc1ccc(F)cc1Cl)C(=O)S. The highest BCUT2D eigenvalue weighted by atomic mass is 35.5. The van der Waals surface area contributed by atoms with Crippen LogP contribution in [0.5, 0.6) is 0 Å². The molecular formula is C11H10ClFO2S. The van der Waals surface area contributed by atoms with Crippen molar-refractivity contribution in [2.24, 2.45) is 5.92 Å². The van der Waals surface area contributed by atoms with Gasteiger partial charge in [0.05, 0.1) is 5.92 Å². The molecule has 0 N–H and O–H groups in total. The quantitative estimate of drug-likeness (QED) is 0.667. The predicted octanol–water partition coefficient (Wildman–Crippen LogP) is 2.68. The second-order valence-electron chi connectivity index (χ2n) is 3.44. The van der Waals surface area contributed by atoms with Crippen LogP contribution in [0.15, 0.2) is 18.2 Å². The number of hydrogen-bond acceptors (Lipinski definition) is 2. The van der Waals surface area contributed by atoms with E-state index in [4.69, 9.17) is 11.6 Å². The van der Waals surface area contributed by atoms with E-state index in [2.05, 4.69) is 12.6 Å². The summed E-state index contributed by atoms with van der Waals surface area (Å²) in [5.74, 6) is -1.56. The molecule has 0 aliphatic heterocycles. The molecule has 0 fully saturated rings. The molecule has 5 heteroatoms. The maximum atomic E-state index is 12.8. The largest absolute Gasteiger partial charge is 0.299 e. The van der Waals surface area contributed by atoms with Gasteiger partial charge in [0.1, 0.15) is 11.6 Å². The summed E-state index contributed by atoms with van der Waals surface area (Å²) in [6.07, 6.45) is 0.150. The fourth-order valence-corrected chi connectivity index (χ4v) is 1.83. The van der Waals surface area contributed by atoms with Gasteiger partial charge in [0, 0.05) is 5.02 Å². The van der Waals surface area contributed by atoms with Gasteiger partial charge in [-0.25, -0.2) is 4.39 Å². The lowest BCUT2D eigenvalue weighted by atomic mass is 9.97. The number of thiol groups is 1. The van der Waals surface area contributed by atoms with Crippen LogP contribution in [0, 0.1) is 11.7 Å². The summed E-state index contributed by atoms with van der Waals surface area (Å²) in [5, 5.41) is -0.297. The number of rotatable bonds is 4. The molecule has 1 atom stereocenters. The fraction of sp³-hybridized carbons (Fsp3) is 0.273. The number of hydrogen-bond donors (Lipinski definition) is 1. The molecule has 0 aliphatic rings. The van der Waals surface area contributed by atoms with Gasteiger partial charge in [-0.05, 0) is 31.0 Å². The number of halogens is 2. The van der Waals surface area contributed by atoms with Gasteiger partial charge in [-0.15, -0.1) is 12.6 Å². The maximum absolute atomic E-state index is 12.8. The number of ketones is 1. The highest BCUT2D eigenvalue weighted by Crippen LogP contribution is 2.21. The van der Waals surface area contributed by atoms with Crippen LogP contribution in [0.3, 0.4) is 0 Å². The Morgan fingerprint density at radius 3 is 2.56 bits per heavy atom. The van der Waals surface area contributed by atoms with Gasteiger partial charge in [0.15, 0.2) is 5.12 Å². The first-order valence-electron chi connectivity index (χ1n) is 4.59. The van der Waals surface area contributed by atoms with Gasteiger partial charge >= 0.3 is 0 Å². The van der Waals surface area contributed by atoms with E-state index in [9.17, 15) is 14.0 Å². The minimum atomic E-state index is -0.828. The van der Waals surface area contributed by atoms with Crippen LogP contribution in [-0.2, 0) is 16.0 Å². The van der Waals surface area contributed by atoms with Crippen molar-refractivity contribution in [3.63, 3.8) is 0 Å². The Morgan fingerprint density at radius 2 is 2.12 bits per heavy atom. The zero-order valence-corrected chi connectivity index (χ0v) is 10.2. The van der Waals surface area contributed by atoms with Crippen molar-refractivity contribution in [2.45, 2.75) is 13.3 Å². The first-order chi connectivity index (χ1) is 7.41. The Hall–Kier alpha value is -0.870. The van der Waals surface area contributed by atoms with Crippen LogP contribution in [0.25, 0.3) is 0 Å². The number of carbonyl (C=O) groups is 2. The van der Waals surface area contributed by atoms with Gasteiger partial charge in [-0.2, -0.15) is 0 Å². The lowest BCUT2D eigenvalue weighted by Gasteiger charge is -2.10. The molecular weight excluding hydrogens is 251 g/mol. The van der Waals surface area contributed by atoms with E-state index in [-0.39, 0.29) is 17.2 Å². The number of benzene rings is 1. The van der Waals surface area contributed by atoms with E-state index in [1.54, 1.807) is 0 Å². The van der Waals surface area contributed by atoms with Crippen LogP contribution in [0.1, 0.15) is 12.5 Å². The Labute approximate surface area is 103 Å². The Kier molecular flexibility index (Phi) is 4.50. The molecule has 0 saturated carbocycles. The lowest BCUT2D eigenvalue weighted by Crippen LogP contribution is -2.20. The van der Waals surface area contributed by atoms with Crippen LogP contribution in [0.4, 0.5) is 4.39 Å². The van der Waals surface area contributed by atoms with E-state index in [0.29, 0.717) is 5.56 Å². The third-order valence-corrected chi connectivity index (χ3v) is 2.89. The Balaban J connectivity index is 2.94. The predicted molar refractivity (Wildman–Crippen MR) is 63.3 cm³/mol. The highest BCUT2D eigenvalue weighted by Gasteiger charge is 2.21. The summed E-state index contributed by atoms with van der Waals surface area (Å²) in [5.41, 5.74) is 0.561. The van der Waals surface area contributed by atoms with Crippen molar-refractivity contribution in [1.82, 2.24) is 0 Å². The molecule has 0 heterocycles. The summed E-state index contributed by atoms with van der Waals surface area (Å²) in [6, 6.07) is 3.85. The van der Waals surface area contributed by atoms with Crippen LogP contribution < -0.4 is 0 Å². The van der Waals surface area contributed by atoms with Crippen molar-refractivity contribution in [1.29, 1.82) is 0 Å². The smallest absolute Gasteiger partial charge is 0.196 e. The molecule has 1 unspecified atom stereocenters. The number of Topliss-reactive ketones (excluding diaryl/α,β-unsaturated/α-hetero) is 1. The zero-order valence-electron chi connectivity index (χ0n) is 8.54. The maximum Gasteiger partial charge on any atom is 0.196 e. The summed E-state index contributed by atoms with van der Waals surface area (Å²) in [4.78, 5) is 22.3. The molecule has 0 amide bonds. The molecule has 0 spiro atoms. The van der Waals surface area contributed by atoms with Gasteiger partial charge < -0.3 is 0 Å². The van der Waals surface area contributed by atoms with Crippen molar-refractivity contribution >= 4 is 35.1 Å². The van der Waals surface area contributed by atoms with E-state index >= 15 is 0 Å². The Morgan fingerprint density at radius 1 is 1.50 bits per heavy atom. The summed E-state index contributed by atoms with van der Waals surface area (Å²) in [6.45, 7) is 1.32. The first kappa shape index (κ1) is 13.2. The lowest BCUT2D eigenvalue weighted by molar-refractivity contribution is -0.126. The third-order valence-electron chi connectivity index (χ3n) is 2.23. The molecule has 2 nitrogen and oxygen atoms in total. The first-order valence-corrected chi connectivity index (χ1v) is 5.41. The van der Waals surface area contributed by atoms with Gasteiger partial charge in [0.2, 0.25) is 0 Å². The second-order valence-corrected chi connectivity index (χ2v) is 4.29. The number of carbonyl (C=O) groups excluding carboxylic acids is 2. The molecule has 0 radical (unpaired) electrons. The van der Waals surface area contributed by atoms with E-state index in [1.165, 1.54) is 19.1 Å². The van der Waals surface area contributed by atoms with Crippen LogP contribution in [0.2, 0.25) is 5.02 Å². The topological polar surface area (TPSA) is 34.1 Å². The summed E-state index contributed by atoms with van der Waals surface area (Å²) < 4.78 is 12.8. The molecule has 0 bridgehead atoms. The average molecular weight is 261 g/mol. The molecule has 1 aromatic carbocycles. The van der Waals surface area contributed by atoms with E-state index in [1.807, 2.05) is 0 Å². The van der Waals surface area contributed by atoms with Crippen molar-refractivity contribution in [2.75, 3.05) is 0 Å². The average Bonchev–Trinajstić information content (AvgIpc) is 2.15. The molecule has 1 rings (SSSR count).